The highest BCUT2D eigenvalue weighted by Gasteiger charge is 2.34. The van der Waals surface area contributed by atoms with E-state index in [1.54, 1.807) is 37.3 Å². The Morgan fingerprint density at radius 1 is 1.07 bits per heavy atom. The minimum absolute atomic E-state index is 0.158. The quantitative estimate of drug-likeness (QED) is 0.620. The summed E-state index contributed by atoms with van der Waals surface area (Å²) in [5.74, 6) is -0.966. The molecular formula is C21H21N3O5. The van der Waals surface area contributed by atoms with Crippen LogP contribution < -0.4 is 21.1 Å². The van der Waals surface area contributed by atoms with Crippen LogP contribution in [0, 0.1) is 0 Å². The molecule has 1 heterocycles. The van der Waals surface area contributed by atoms with Crippen molar-refractivity contribution in [2.75, 3.05) is 13.2 Å². The molecular weight excluding hydrogens is 374 g/mol. The van der Waals surface area contributed by atoms with Gasteiger partial charge in [0.25, 0.3) is 5.91 Å². The molecule has 1 unspecified atom stereocenters. The first-order chi connectivity index (χ1) is 14.0. The van der Waals surface area contributed by atoms with Gasteiger partial charge in [-0.25, -0.2) is 9.59 Å². The number of primary amides is 1. The summed E-state index contributed by atoms with van der Waals surface area (Å²) >= 11 is 0. The number of urea groups is 1. The summed E-state index contributed by atoms with van der Waals surface area (Å²) in [5, 5.41) is 5.35. The van der Waals surface area contributed by atoms with Crippen LogP contribution in [-0.2, 0) is 9.53 Å². The Balaban J connectivity index is 1.98. The van der Waals surface area contributed by atoms with Gasteiger partial charge in [0.15, 0.2) is 0 Å². The maximum Gasteiger partial charge on any atom is 0.338 e. The average Bonchev–Trinajstić information content (AvgIpc) is 2.72. The SMILES string of the molecule is CCOC(=O)C1=C(COc2ccccc2C(N)=O)NC(=O)NC1c1ccccc1. The first-order valence-corrected chi connectivity index (χ1v) is 9.05. The molecule has 0 bridgehead atoms. The van der Waals surface area contributed by atoms with Crippen molar-refractivity contribution in [2.45, 2.75) is 13.0 Å². The van der Waals surface area contributed by atoms with Crippen molar-refractivity contribution in [1.82, 2.24) is 10.6 Å². The van der Waals surface area contributed by atoms with Crippen LogP contribution in [0.4, 0.5) is 4.79 Å². The zero-order chi connectivity index (χ0) is 20.8. The van der Waals surface area contributed by atoms with E-state index >= 15 is 0 Å². The van der Waals surface area contributed by atoms with E-state index in [1.807, 2.05) is 18.2 Å². The molecule has 150 valence electrons. The maximum atomic E-state index is 12.7. The van der Waals surface area contributed by atoms with E-state index in [9.17, 15) is 14.4 Å². The lowest BCUT2D eigenvalue weighted by Crippen LogP contribution is -2.47. The number of carbonyl (C=O) groups is 3. The lowest BCUT2D eigenvalue weighted by atomic mass is 9.95. The van der Waals surface area contributed by atoms with Crippen molar-refractivity contribution < 1.29 is 23.9 Å². The van der Waals surface area contributed by atoms with E-state index in [1.165, 1.54) is 6.07 Å². The van der Waals surface area contributed by atoms with Gasteiger partial charge in [-0.3, -0.25) is 4.79 Å². The molecule has 8 nitrogen and oxygen atoms in total. The van der Waals surface area contributed by atoms with Crippen molar-refractivity contribution in [3.63, 3.8) is 0 Å². The summed E-state index contributed by atoms with van der Waals surface area (Å²) in [4.78, 5) is 36.5. The fourth-order valence-electron chi connectivity index (χ4n) is 3.02. The van der Waals surface area contributed by atoms with Gasteiger partial charge >= 0.3 is 12.0 Å². The Labute approximate surface area is 167 Å². The van der Waals surface area contributed by atoms with E-state index in [0.717, 1.165) is 5.56 Å². The molecule has 0 aliphatic carbocycles. The fraction of sp³-hybridized carbons (Fsp3) is 0.190. The van der Waals surface area contributed by atoms with Gasteiger partial charge in [-0.15, -0.1) is 0 Å². The second-order valence-electron chi connectivity index (χ2n) is 6.20. The van der Waals surface area contributed by atoms with Crippen LogP contribution in [0.3, 0.4) is 0 Å². The Kier molecular flexibility index (Phi) is 6.13. The average molecular weight is 395 g/mol. The molecule has 29 heavy (non-hydrogen) atoms. The molecule has 0 aromatic heterocycles. The number of amides is 3. The van der Waals surface area contributed by atoms with Gasteiger partial charge in [0, 0.05) is 0 Å². The van der Waals surface area contributed by atoms with Gasteiger partial charge in [-0.1, -0.05) is 42.5 Å². The van der Waals surface area contributed by atoms with Crippen molar-refractivity contribution in [1.29, 1.82) is 0 Å². The van der Waals surface area contributed by atoms with Crippen molar-refractivity contribution >= 4 is 17.9 Å². The van der Waals surface area contributed by atoms with Crippen LogP contribution in [-0.4, -0.2) is 31.1 Å². The van der Waals surface area contributed by atoms with Gasteiger partial charge in [0.05, 0.1) is 29.5 Å². The Hall–Kier alpha value is -3.81. The van der Waals surface area contributed by atoms with E-state index < -0.39 is 23.9 Å². The summed E-state index contributed by atoms with van der Waals surface area (Å²) in [6, 6.07) is 14.4. The minimum Gasteiger partial charge on any atom is -0.487 e. The second-order valence-corrected chi connectivity index (χ2v) is 6.20. The van der Waals surface area contributed by atoms with Gasteiger partial charge < -0.3 is 25.8 Å². The highest BCUT2D eigenvalue weighted by molar-refractivity contribution is 5.96. The third kappa shape index (κ3) is 4.55. The number of ether oxygens (including phenoxy) is 2. The molecule has 2 aromatic carbocycles. The molecule has 3 rings (SSSR count). The molecule has 0 fully saturated rings. The number of hydrogen-bond acceptors (Lipinski definition) is 5. The molecule has 0 saturated carbocycles. The molecule has 4 N–H and O–H groups in total. The normalized spacial score (nSPS) is 15.9. The van der Waals surface area contributed by atoms with Crippen molar-refractivity contribution in [3.8, 4) is 5.75 Å². The summed E-state index contributed by atoms with van der Waals surface area (Å²) in [7, 11) is 0. The zero-order valence-corrected chi connectivity index (χ0v) is 15.8. The minimum atomic E-state index is -0.700. The molecule has 8 heteroatoms. The number of carbonyl (C=O) groups excluding carboxylic acids is 3. The first-order valence-electron chi connectivity index (χ1n) is 9.05. The Morgan fingerprint density at radius 2 is 1.76 bits per heavy atom. The highest BCUT2D eigenvalue weighted by atomic mass is 16.5. The van der Waals surface area contributed by atoms with Gasteiger partial charge in [-0.05, 0) is 24.6 Å². The smallest absolute Gasteiger partial charge is 0.338 e. The summed E-state index contributed by atoms with van der Waals surface area (Å²) in [5.41, 5.74) is 6.78. The van der Waals surface area contributed by atoms with Crippen molar-refractivity contribution in [3.05, 3.63) is 77.0 Å². The molecule has 1 aliphatic rings. The second kappa shape index (κ2) is 8.92. The number of hydrogen-bond donors (Lipinski definition) is 3. The van der Waals surface area contributed by atoms with Crippen LogP contribution >= 0.6 is 0 Å². The molecule has 1 atom stereocenters. The third-order valence-corrected chi connectivity index (χ3v) is 4.31. The lowest BCUT2D eigenvalue weighted by molar-refractivity contribution is -0.139. The number of rotatable bonds is 7. The number of nitrogens with two attached hydrogens (primary N) is 1. The Morgan fingerprint density at radius 3 is 2.45 bits per heavy atom. The van der Waals surface area contributed by atoms with Crippen LogP contribution in [0.5, 0.6) is 5.75 Å². The van der Waals surface area contributed by atoms with E-state index in [0.29, 0.717) is 0 Å². The molecule has 0 saturated heterocycles. The molecule has 0 spiro atoms. The molecule has 2 aromatic rings. The summed E-state index contributed by atoms with van der Waals surface area (Å²) in [6.07, 6.45) is 0. The van der Waals surface area contributed by atoms with E-state index in [-0.39, 0.29) is 35.8 Å². The standard InChI is InChI=1S/C21H21N3O5/c1-2-28-20(26)17-15(12-29-16-11-7-6-10-14(16)19(22)25)23-21(27)24-18(17)13-8-4-3-5-9-13/h3-11,18H,2,12H2,1H3,(H2,22,25)(H2,23,24,27). The van der Waals surface area contributed by atoms with Gasteiger partial charge in [-0.2, -0.15) is 0 Å². The third-order valence-electron chi connectivity index (χ3n) is 4.31. The number of benzene rings is 2. The predicted octanol–water partition coefficient (Wildman–Crippen LogP) is 2.04. The largest absolute Gasteiger partial charge is 0.487 e. The monoisotopic (exact) mass is 395 g/mol. The Bertz CT molecular complexity index is 956. The molecule has 1 aliphatic heterocycles. The van der Waals surface area contributed by atoms with Crippen LogP contribution in [0.25, 0.3) is 0 Å². The number of para-hydroxylation sites is 1. The predicted molar refractivity (Wildman–Crippen MR) is 105 cm³/mol. The van der Waals surface area contributed by atoms with Crippen molar-refractivity contribution in [2.24, 2.45) is 5.73 Å². The van der Waals surface area contributed by atoms with Gasteiger partial charge in [0.1, 0.15) is 12.4 Å². The van der Waals surface area contributed by atoms with E-state index in [2.05, 4.69) is 10.6 Å². The highest BCUT2D eigenvalue weighted by Crippen LogP contribution is 2.28. The lowest BCUT2D eigenvalue weighted by Gasteiger charge is -2.29. The topological polar surface area (TPSA) is 120 Å². The fourth-order valence-corrected chi connectivity index (χ4v) is 3.02. The van der Waals surface area contributed by atoms with E-state index in [4.69, 9.17) is 15.2 Å². The van der Waals surface area contributed by atoms with Gasteiger partial charge in [0.2, 0.25) is 0 Å². The van der Waals surface area contributed by atoms with Crippen LogP contribution in [0.1, 0.15) is 28.9 Å². The van der Waals surface area contributed by atoms with Crippen LogP contribution in [0.2, 0.25) is 0 Å². The summed E-state index contributed by atoms with van der Waals surface area (Å²) in [6.45, 7) is 1.72. The maximum absolute atomic E-state index is 12.7. The summed E-state index contributed by atoms with van der Waals surface area (Å²) < 4.78 is 10.9. The molecule has 0 radical (unpaired) electrons. The van der Waals surface area contributed by atoms with Crippen LogP contribution in [0.15, 0.2) is 65.9 Å². The number of esters is 1. The first kappa shape index (κ1) is 19.9. The number of nitrogens with one attached hydrogen (secondary N) is 2. The molecule has 3 amide bonds. The zero-order valence-electron chi connectivity index (χ0n) is 15.8.